The number of carbonyl (C=O) groups excluding carboxylic acids is 1. The Morgan fingerprint density at radius 3 is 2.37 bits per heavy atom. The number of fused-ring (bicyclic) bond motifs is 1. The van der Waals surface area contributed by atoms with Gasteiger partial charge < -0.3 is 4.74 Å². The van der Waals surface area contributed by atoms with Crippen LogP contribution in [-0.4, -0.2) is 27.6 Å². The lowest BCUT2D eigenvalue weighted by Crippen LogP contribution is -2.01. The number of rotatable bonds is 14. The van der Waals surface area contributed by atoms with Crippen LogP contribution in [0.2, 0.25) is 0 Å². The summed E-state index contributed by atoms with van der Waals surface area (Å²) in [4.78, 5) is 16.0. The Kier molecular flexibility index (Phi) is 9.79. The number of aromatic nitrogens is 3. The van der Waals surface area contributed by atoms with Crippen molar-refractivity contribution >= 4 is 27.8 Å². The van der Waals surface area contributed by atoms with E-state index in [0.29, 0.717) is 42.0 Å². The minimum Gasteiger partial charge on any atom is -0.478 e. The second-order valence-corrected chi connectivity index (χ2v) is 9.49. The first-order valence-electron chi connectivity index (χ1n) is 13.6. The largest absolute Gasteiger partial charge is 0.478 e. The van der Waals surface area contributed by atoms with E-state index in [-0.39, 0.29) is 0 Å². The van der Waals surface area contributed by atoms with E-state index in [0.717, 1.165) is 66.4 Å². The van der Waals surface area contributed by atoms with E-state index in [1.54, 1.807) is 0 Å². The lowest BCUT2D eigenvalue weighted by atomic mass is 9.88. The maximum Gasteiger partial charge on any atom is 0.216 e. The molecule has 0 saturated heterocycles. The van der Waals surface area contributed by atoms with Gasteiger partial charge in [0.1, 0.15) is 5.78 Å². The molecule has 6 heteroatoms. The molecular weight excluding hydrogens is 477 g/mol. The Balaban J connectivity index is 1.48. The number of nitrogens with zero attached hydrogens (tertiary/aromatic N) is 2. The zero-order chi connectivity index (χ0) is 26.7. The molecule has 2 aromatic carbocycles. The van der Waals surface area contributed by atoms with Gasteiger partial charge in [-0.2, -0.15) is 9.49 Å². The summed E-state index contributed by atoms with van der Waals surface area (Å²) in [6.45, 7) is 4.67. The first-order valence-corrected chi connectivity index (χ1v) is 13.6. The summed E-state index contributed by atoms with van der Waals surface area (Å²) in [5.74, 6) is 0.510. The number of ether oxygens (including phenoxy) is 1. The van der Waals surface area contributed by atoms with Crippen molar-refractivity contribution in [3.05, 3.63) is 89.5 Å². The molecule has 2 heterocycles. The Morgan fingerprint density at radius 2 is 1.63 bits per heavy atom. The summed E-state index contributed by atoms with van der Waals surface area (Å²) in [7, 11) is 0. The smallest absolute Gasteiger partial charge is 0.216 e. The van der Waals surface area contributed by atoms with Crippen LogP contribution in [0.25, 0.3) is 22.0 Å². The molecule has 0 spiro atoms. The van der Waals surface area contributed by atoms with E-state index in [2.05, 4.69) is 34.2 Å². The van der Waals surface area contributed by atoms with Crippen molar-refractivity contribution in [2.45, 2.75) is 65.2 Å². The van der Waals surface area contributed by atoms with Crippen LogP contribution in [0.15, 0.2) is 66.9 Å². The summed E-state index contributed by atoms with van der Waals surface area (Å²) < 4.78 is 20.3. The normalized spacial score (nSPS) is 12.0. The Morgan fingerprint density at radius 1 is 0.868 bits per heavy atom. The van der Waals surface area contributed by atoms with Gasteiger partial charge in [0.2, 0.25) is 11.8 Å². The van der Waals surface area contributed by atoms with Crippen LogP contribution in [0.4, 0.5) is 4.39 Å². The van der Waals surface area contributed by atoms with Gasteiger partial charge in [0.25, 0.3) is 0 Å². The average Bonchev–Trinajstić information content (AvgIpc) is 3.33. The number of Topliss-reactive ketones (excluding diaryl/α,β-unsaturated/α-hetero) is 1. The monoisotopic (exact) mass is 513 g/mol. The highest BCUT2D eigenvalue weighted by atomic mass is 19.1. The minimum atomic E-state index is -0.435. The number of nitrogens with one attached hydrogen (secondary N) is 1. The molecule has 0 aliphatic carbocycles. The Labute approximate surface area is 224 Å². The van der Waals surface area contributed by atoms with Crippen molar-refractivity contribution < 1.29 is 13.9 Å². The van der Waals surface area contributed by atoms with E-state index >= 15 is 0 Å². The van der Waals surface area contributed by atoms with Crippen molar-refractivity contribution in [1.82, 2.24) is 15.2 Å². The molecule has 5 nitrogen and oxygen atoms in total. The highest BCUT2D eigenvalue weighted by Crippen LogP contribution is 2.35. The quantitative estimate of drug-likeness (QED) is 0.136. The maximum atomic E-state index is 14.4. The van der Waals surface area contributed by atoms with E-state index < -0.39 is 5.95 Å². The van der Waals surface area contributed by atoms with Crippen molar-refractivity contribution in [2.24, 2.45) is 0 Å². The van der Waals surface area contributed by atoms with Crippen molar-refractivity contribution in [3.63, 3.8) is 0 Å². The fourth-order valence-electron chi connectivity index (χ4n) is 4.74. The van der Waals surface area contributed by atoms with E-state index in [4.69, 9.17) is 4.74 Å². The predicted octanol–water partition coefficient (Wildman–Crippen LogP) is 8.16. The third kappa shape index (κ3) is 6.94. The summed E-state index contributed by atoms with van der Waals surface area (Å²) in [5, 5.41) is 6.94. The van der Waals surface area contributed by atoms with Gasteiger partial charge in [-0.3, -0.25) is 9.89 Å². The summed E-state index contributed by atoms with van der Waals surface area (Å²) in [5.41, 5.74) is 5.75. The van der Waals surface area contributed by atoms with Crippen LogP contribution in [0, 0.1) is 5.95 Å². The van der Waals surface area contributed by atoms with E-state index in [1.165, 1.54) is 0 Å². The Hall–Kier alpha value is -3.80. The molecule has 38 heavy (non-hydrogen) atoms. The van der Waals surface area contributed by atoms with E-state index in [1.807, 2.05) is 61.7 Å². The fourth-order valence-corrected chi connectivity index (χ4v) is 4.74. The molecule has 0 aliphatic rings. The van der Waals surface area contributed by atoms with Crippen LogP contribution in [0.5, 0.6) is 5.88 Å². The van der Waals surface area contributed by atoms with Gasteiger partial charge in [-0.15, -0.1) is 0 Å². The average molecular weight is 514 g/mol. The maximum absolute atomic E-state index is 14.4. The molecule has 1 N–H and O–H groups in total. The molecule has 0 atom stereocenters. The highest BCUT2D eigenvalue weighted by Gasteiger charge is 2.16. The number of ketones is 1. The second-order valence-electron chi connectivity index (χ2n) is 9.49. The molecular formula is C32H36FN3O2. The number of hydrogen-bond donors (Lipinski definition) is 1. The zero-order valence-electron chi connectivity index (χ0n) is 22.3. The number of benzene rings is 2. The van der Waals surface area contributed by atoms with Gasteiger partial charge >= 0.3 is 0 Å². The van der Waals surface area contributed by atoms with Crippen molar-refractivity contribution in [3.8, 4) is 5.88 Å². The molecule has 0 unspecified atom stereocenters. The number of hydrogen-bond acceptors (Lipinski definition) is 4. The first kappa shape index (κ1) is 27.2. The van der Waals surface area contributed by atoms with Crippen LogP contribution in [-0.2, 0) is 4.79 Å². The summed E-state index contributed by atoms with van der Waals surface area (Å²) in [6.07, 6.45) is 9.20. The van der Waals surface area contributed by atoms with Crippen molar-refractivity contribution in [2.75, 3.05) is 6.61 Å². The molecule has 2 aromatic heterocycles. The third-order valence-corrected chi connectivity index (χ3v) is 6.84. The van der Waals surface area contributed by atoms with Gasteiger partial charge in [0, 0.05) is 30.7 Å². The van der Waals surface area contributed by atoms with Crippen LogP contribution >= 0.6 is 0 Å². The highest BCUT2D eigenvalue weighted by molar-refractivity contribution is 6.00. The molecule has 0 aliphatic heterocycles. The number of pyridine rings is 1. The molecule has 0 bridgehead atoms. The number of unbranched alkanes of at least 4 members (excludes halogenated alkanes) is 4. The lowest BCUT2D eigenvalue weighted by molar-refractivity contribution is -0.118. The number of H-pyrrole nitrogens is 1. The molecule has 198 valence electrons. The fraction of sp³-hybridized carbons (Fsp3) is 0.344. The van der Waals surface area contributed by atoms with Crippen LogP contribution < -0.4 is 4.74 Å². The molecule has 0 amide bonds. The van der Waals surface area contributed by atoms with E-state index in [9.17, 15) is 9.18 Å². The van der Waals surface area contributed by atoms with Crippen LogP contribution in [0.3, 0.4) is 0 Å². The number of halogens is 1. The topological polar surface area (TPSA) is 67.9 Å². The van der Waals surface area contributed by atoms with Gasteiger partial charge in [-0.05, 0) is 59.7 Å². The molecule has 4 aromatic rings. The summed E-state index contributed by atoms with van der Waals surface area (Å²) in [6, 6.07) is 19.9. The minimum absolute atomic E-state index is 0.352. The van der Waals surface area contributed by atoms with Gasteiger partial charge in [0.05, 0.1) is 17.5 Å². The van der Waals surface area contributed by atoms with Crippen LogP contribution in [0.1, 0.15) is 81.9 Å². The summed E-state index contributed by atoms with van der Waals surface area (Å²) >= 11 is 0. The molecule has 0 fully saturated rings. The first-order chi connectivity index (χ1) is 18.6. The molecule has 4 rings (SSSR count). The standard InChI is InChI=1S/C32H36FN3O2/c1-3-26(37)15-11-6-5-7-12-20-38-30-19-17-25(22-34-30)31(27(4-2)23-13-9-8-10-14-23)24-16-18-29-28(21-24)32(33)36-35-29/h8-10,13-14,16-19,21-22H,3-7,11-12,15,20H2,1-2H3,(H,35,36)/b31-27-. The number of allylic oxidation sites excluding steroid dienone is 1. The number of aromatic amines is 1. The predicted molar refractivity (Wildman–Crippen MR) is 151 cm³/mol. The zero-order valence-corrected chi connectivity index (χ0v) is 22.3. The second kappa shape index (κ2) is 13.7. The third-order valence-electron chi connectivity index (χ3n) is 6.84. The van der Waals surface area contributed by atoms with Crippen molar-refractivity contribution in [1.29, 1.82) is 0 Å². The number of carbonyl (C=O) groups is 1. The Bertz CT molecular complexity index is 1360. The SMILES string of the molecule is CCC(=O)CCCCCCCOc1ccc(/C(=C(/CC)c2ccccc2)c2ccc3n[nH]c(F)c3c2)cn1. The van der Waals surface area contributed by atoms with Gasteiger partial charge in [0.15, 0.2) is 0 Å². The molecule has 0 radical (unpaired) electrons. The lowest BCUT2D eigenvalue weighted by Gasteiger charge is -2.16. The molecule has 0 saturated carbocycles. The van der Waals surface area contributed by atoms with Gasteiger partial charge in [-0.1, -0.05) is 69.5 Å². The van der Waals surface area contributed by atoms with Gasteiger partial charge in [-0.25, -0.2) is 4.98 Å².